The van der Waals surface area contributed by atoms with Crippen LogP contribution in [0.25, 0.3) is 0 Å². The van der Waals surface area contributed by atoms with E-state index in [1.165, 1.54) is 103 Å². The summed E-state index contributed by atoms with van der Waals surface area (Å²) < 4.78 is 16.9. The molecule has 2 aliphatic rings. The molecule has 280 valence electrons. The van der Waals surface area contributed by atoms with Crippen LogP contribution < -0.4 is 0 Å². The molecule has 0 spiro atoms. The SMILES string of the molecule is CN(C)CCCC(=O)OC(CCCCCCCCCOC(=O)CCC1CCCC1)CCCCCCCCCOC(=O)CCC1CCCC1. The zero-order valence-corrected chi connectivity index (χ0v) is 31.5. The highest BCUT2D eigenvalue weighted by Gasteiger charge is 2.18. The average molecular weight is 678 g/mol. The van der Waals surface area contributed by atoms with Gasteiger partial charge in [0.05, 0.1) is 13.2 Å². The van der Waals surface area contributed by atoms with Crippen molar-refractivity contribution in [3.8, 4) is 0 Å². The molecule has 0 unspecified atom stereocenters. The molecule has 0 amide bonds. The van der Waals surface area contributed by atoms with Gasteiger partial charge in [-0.05, 0) is 90.3 Å². The predicted octanol–water partition coefficient (Wildman–Crippen LogP) is 10.5. The van der Waals surface area contributed by atoms with E-state index in [1.54, 1.807) is 0 Å². The summed E-state index contributed by atoms with van der Waals surface area (Å²) in [6.45, 7) is 2.05. The Balaban J connectivity index is 1.45. The highest BCUT2D eigenvalue weighted by Crippen LogP contribution is 2.29. The molecule has 7 nitrogen and oxygen atoms in total. The van der Waals surface area contributed by atoms with E-state index in [9.17, 15) is 14.4 Å². The van der Waals surface area contributed by atoms with E-state index < -0.39 is 0 Å². The highest BCUT2D eigenvalue weighted by molar-refractivity contribution is 5.70. The van der Waals surface area contributed by atoms with E-state index >= 15 is 0 Å². The number of nitrogens with zero attached hydrogens (tertiary/aromatic N) is 1. The molecule has 7 heteroatoms. The van der Waals surface area contributed by atoms with Gasteiger partial charge in [0.15, 0.2) is 0 Å². The summed E-state index contributed by atoms with van der Waals surface area (Å²) in [4.78, 5) is 38.6. The Hall–Kier alpha value is -1.63. The zero-order chi connectivity index (χ0) is 34.5. The summed E-state index contributed by atoms with van der Waals surface area (Å²) in [6, 6.07) is 0. The van der Waals surface area contributed by atoms with Crippen LogP contribution in [0.5, 0.6) is 0 Å². The number of carbonyl (C=O) groups excluding carboxylic acids is 3. The van der Waals surface area contributed by atoms with Crippen molar-refractivity contribution in [1.29, 1.82) is 0 Å². The van der Waals surface area contributed by atoms with Crippen molar-refractivity contribution < 1.29 is 28.6 Å². The summed E-state index contributed by atoms with van der Waals surface area (Å²) in [6.07, 6.45) is 33.0. The maximum Gasteiger partial charge on any atom is 0.306 e. The van der Waals surface area contributed by atoms with Crippen LogP contribution >= 0.6 is 0 Å². The van der Waals surface area contributed by atoms with Crippen LogP contribution in [0.4, 0.5) is 0 Å². The van der Waals surface area contributed by atoms with Crippen molar-refractivity contribution in [2.45, 2.75) is 199 Å². The van der Waals surface area contributed by atoms with Gasteiger partial charge in [-0.3, -0.25) is 14.4 Å². The van der Waals surface area contributed by atoms with E-state index in [0.29, 0.717) is 32.5 Å². The molecule has 48 heavy (non-hydrogen) atoms. The van der Waals surface area contributed by atoms with Gasteiger partial charge in [-0.25, -0.2) is 0 Å². The molecule has 0 saturated heterocycles. The van der Waals surface area contributed by atoms with Crippen molar-refractivity contribution >= 4 is 17.9 Å². The van der Waals surface area contributed by atoms with Crippen LogP contribution in [0.1, 0.15) is 193 Å². The monoisotopic (exact) mass is 678 g/mol. The molecular formula is C41H75NO6. The minimum Gasteiger partial charge on any atom is -0.466 e. The number of unbranched alkanes of at least 4 members (excludes halogenated alkanes) is 12. The fraction of sp³-hybridized carbons (Fsp3) is 0.927. The van der Waals surface area contributed by atoms with Crippen molar-refractivity contribution in [3.63, 3.8) is 0 Å². The van der Waals surface area contributed by atoms with Gasteiger partial charge in [-0.15, -0.1) is 0 Å². The third kappa shape index (κ3) is 24.5. The number of ether oxygens (including phenoxy) is 3. The van der Waals surface area contributed by atoms with E-state index in [0.717, 1.165) is 89.0 Å². The molecule has 0 atom stereocenters. The molecule has 0 aromatic carbocycles. The Morgan fingerprint density at radius 2 is 0.917 bits per heavy atom. The van der Waals surface area contributed by atoms with Gasteiger partial charge in [0, 0.05) is 19.3 Å². The molecule has 2 fully saturated rings. The molecule has 0 N–H and O–H groups in total. The number of esters is 3. The van der Waals surface area contributed by atoms with Gasteiger partial charge in [0.1, 0.15) is 6.10 Å². The lowest BCUT2D eigenvalue weighted by Crippen LogP contribution is -2.20. The van der Waals surface area contributed by atoms with Crippen LogP contribution in [-0.2, 0) is 28.6 Å². The van der Waals surface area contributed by atoms with Gasteiger partial charge >= 0.3 is 17.9 Å². The van der Waals surface area contributed by atoms with E-state index in [1.807, 2.05) is 14.1 Å². The van der Waals surface area contributed by atoms with E-state index in [-0.39, 0.29) is 24.0 Å². The summed E-state index contributed by atoms with van der Waals surface area (Å²) in [5.74, 6) is 1.44. The smallest absolute Gasteiger partial charge is 0.306 e. The zero-order valence-electron chi connectivity index (χ0n) is 31.5. The summed E-state index contributed by atoms with van der Waals surface area (Å²) in [7, 11) is 4.07. The molecule has 0 radical (unpaired) electrons. The second-order valence-electron chi connectivity index (χ2n) is 15.4. The van der Waals surface area contributed by atoms with Gasteiger partial charge in [-0.1, -0.05) is 116 Å². The lowest BCUT2D eigenvalue weighted by atomic mass is 10.0. The number of hydrogen-bond acceptors (Lipinski definition) is 7. The highest BCUT2D eigenvalue weighted by atomic mass is 16.5. The van der Waals surface area contributed by atoms with Crippen molar-refractivity contribution in [2.24, 2.45) is 11.8 Å². The summed E-state index contributed by atoms with van der Waals surface area (Å²) in [5, 5.41) is 0. The first-order valence-corrected chi connectivity index (χ1v) is 20.6. The minimum absolute atomic E-state index is 0.00873. The Bertz CT molecular complexity index is 753. The minimum atomic E-state index is -0.0414. The molecule has 2 aliphatic carbocycles. The van der Waals surface area contributed by atoms with Crippen LogP contribution in [0.3, 0.4) is 0 Å². The molecular weight excluding hydrogens is 602 g/mol. The fourth-order valence-corrected chi connectivity index (χ4v) is 7.52. The second-order valence-corrected chi connectivity index (χ2v) is 15.4. The maximum absolute atomic E-state index is 12.5. The van der Waals surface area contributed by atoms with Gasteiger partial charge < -0.3 is 19.1 Å². The van der Waals surface area contributed by atoms with Gasteiger partial charge in [-0.2, -0.15) is 0 Å². The number of hydrogen-bond donors (Lipinski definition) is 0. The Morgan fingerprint density at radius 3 is 1.33 bits per heavy atom. The average Bonchev–Trinajstić information content (AvgIpc) is 3.79. The molecule has 0 aromatic heterocycles. The van der Waals surface area contributed by atoms with E-state index in [4.69, 9.17) is 14.2 Å². The first kappa shape index (κ1) is 42.5. The lowest BCUT2D eigenvalue weighted by molar-refractivity contribution is -0.150. The number of carbonyl (C=O) groups is 3. The third-order valence-corrected chi connectivity index (χ3v) is 10.6. The van der Waals surface area contributed by atoms with Crippen molar-refractivity contribution in [1.82, 2.24) is 4.90 Å². The van der Waals surface area contributed by atoms with Gasteiger partial charge in [0.2, 0.25) is 0 Å². The molecule has 2 rings (SSSR count). The van der Waals surface area contributed by atoms with Crippen LogP contribution in [0, 0.1) is 11.8 Å². The normalized spacial score (nSPS) is 15.5. The van der Waals surface area contributed by atoms with Crippen LogP contribution in [-0.4, -0.2) is 62.8 Å². The van der Waals surface area contributed by atoms with Crippen molar-refractivity contribution in [3.05, 3.63) is 0 Å². The molecule has 0 bridgehead atoms. The Morgan fingerprint density at radius 1 is 0.521 bits per heavy atom. The standard InChI is InChI=1S/C41H75NO6/c1-42(2)33-21-28-41(45)48-38(26-13-9-5-3-7-11-19-34-46-39(43)31-29-36-22-15-16-23-36)27-14-10-6-4-8-12-20-35-47-40(44)32-30-37-24-17-18-25-37/h36-38H,3-35H2,1-2H3. The summed E-state index contributed by atoms with van der Waals surface area (Å²) >= 11 is 0. The first-order valence-electron chi connectivity index (χ1n) is 20.6. The van der Waals surface area contributed by atoms with E-state index in [2.05, 4.69) is 4.90 Å². The largest absolute Gasteiger partial charge is 0.466 e. The third-order valence-electron chi connectivity index (χ3n) is 10.6. The summed E-state index contributed by atoms with van der Waals surface area (Å²) in [5.41, 5.74) is 0. The first-order chi connectivity index (χ1) is 23.4. The van der Waals surface area contributed by atoms with Crippen molar-refractivity contribution in [2.75, 3.05) is 33.9 Å². The second kappa shape index (κ2) is 29.1. The topological polar surface area (TPSA) is 82.1 Å². The Labute approximate surface area is 295 Å². The quantitative estimate of drug-likeness (QED) is 0.0410. The number of rotatable bonds is 31. The maximum atomic E-state index is 12.5. The lowest BCUT2D eigenvalue weighted by Gasteiger charge is -2.18. The molecule has 0 heterocycles. The molecule has 0 aromatic rings. The Kier molecular flexibility index (Phi) is 25.8. The molecule has 2 saturated carbocycles. The predicted molar refractivity (Wildman–Crippen MR) is 196 cm³/mol. The van der Waals surface area contributed by atoms with Crippen LogP contribution in [0.15, 0.2) is 0 Å². The van der Waals surface area contributed by atoms with Crippen LogP contribution in [0.2, 0.25) is 0 Å². The fourth-order valence-electron chi connectivity index (χ4n) is 7.52. The van der Waals surface area contributed by atoms with Gasteiger partial charge in [0.25, 0.3) is 0 Å². The molecule has 0 aliphatic heterocycles.